The molecule has 158 valence electrons. The molecule has 30 heavy (non-hydrogen) atoms. The fourth-order valence-electron chi connectivity index (χ4n) is 3.25. The standard InChI is InChI=1S/C21H24N4O5/c1-12(26)22-14-8-6-7-13(9-14)11-25(2)21-23-15-10-16(28-3)18(29-4)19(30-5)17(15)20(27)24-21/h6-10H,11H2,1-5H3,(H,22,26)(H,23,24,27). The van der Waals surface area contributed by atoms with Crippen LogP contribution in [0.4, 0.5) is 11.6 Å². The number of carbonyl (C=O) groups excluding carboxylic acids is 1. The third-order valence-corrected chi connectivity index (χ3v) is 4.53. The number of carbonyl (C=O) groups is 1. The number of aromatic nitrogens is 2. The second kappa shape index (κ2) is 8.73. The van der Waals surface area contributed by atoms with Crippen LogP contribution in [0.3, 0.4) is 0 Å². The molecule has 0 radical (unpaired) electrons. The van der Waals surface area contributed by atoms with E-state index in [4.69, 9.17) is 14.2 Å². The summed E-state index contributed by atoms with van der Waals surface area (Å²) in [5.74, 6) is 1.26. The van der Waals surface area contributed by atoms with Gasteiger partial charge in [0.25, 0.3) is 5.56 Å². The van der Waals surface area contributed by atoms with E-state index in [9.17, 15) is 9.59 Å². The summed E-state index contributed by atoms with van der Waals surface area (Å²) in [4.78, 5) is 33.2. The predicted molar refractivity (Wildman–Crippen MR) is 115 cm³/mol. The third-order valence-electron chi connectivity index (χ3n) is 4.53. The van der Waals surface area contributed by atoms with E-state index in [0.717, 1.165) is 5.56 Å². The Kier molecular flexibility index (Phi) is 6.10. The van der Waals surface area contributed by atoms with E-state index in [1.165, 1.54) is 28.3 Å². The molecule has 0 aliphatic carbocycles. The first-order valence-corrected chi connectivity index (χ1v) is 9.18. The average Bonchev–Trinajstić information content (AvgIpc) is 2.71. The first kappa shape index (κ1) is 21.0. The molecule has 0 saturated heterocycles. The molecule has 0 saturated carbocycles. The minimum atomic E-state index is -0.449. The molecular formula is C21H24N4O5. The Labute approximate surface area is 173 Å². The van der Waals surface area contributed by atoms with E-state index < -0.39 is 5.56 Å². The molecule has 0 bridgehead atoms. The molecule has 9 nitrogen and oxygen atoms in total. The zero-order valence-electron chi connectivity index (χ0n) is 17.5. The predicted octanol–water partition coefficient (Wildman–Crippen LogP) is 2.54. The number of rotatable bonds is 7. The number of fused-ring (bicyclic) bond motifs is 1. The molecule has 1 aromatic heterocycles. The topological polar surface area (TPSA) is 106 Å². The summed E-state index contributed by atoms with van der Waals surface area (Å²) < 4.78 is 16.1. The first-order valence-electron chi connectivity index (χ1n) is 9.18. The largest absolute Gasteiger partial charge is 0.493 e. The second-order valence-corrected chi connectivity index (χ2v) is 6.67. The van der Waals surface area contributed by atoms with Crippen molar-refractivity contribution in [1.29, 1.82) is 0 Å². The molecule has 0 aliphatic heterocycles. The van der Waals surface area contributed by atoms with Crippen molar-refractivity contribution >= 4 is 28.4 Å². The summed E-state index contributed by atoms with van der Waals surface area (Å²) in [7, 11) is 6.26. The first-order chi connectivity index (χ1) is 14.4. The van der Waals surface area contributed by atoms with E-state index in [0.29, 0.717) is 35.2 Å². The van der Waals surface area contributed by atoms with Gasteiger partial charge in [-0.1, -0.05) is 12.1 Å². The summed E-state index contributed by atoms with van der Waals surface area (Å²) in [5.41, 5.74) is 1.71. The lowest BCUT2D eigenvalue weighted by atomic mass is 10.2. The van der Waals surface area contributed by atoms with Crippen molar-refractivity contribution in [2.24, 2.45) is 0 Å². The number of benzene rings is 2. The van der Waals surface area contributed by atoms with Crippen LogP contribution < -0.4 is 30.0 Å². The van der Waals surface area contributed by atoms with Gasteiger partial charge in [0.15, 0.2) is 11.5 Å². The lowest BCUT2D eigenvalue weighted by molar-refractivity contribution is -0.114. The molecule has 2 aromatic carbocycles. The highest BCUT2D eigenvalue weighted by molar-refractivity contribution is 5.90. The van der Waals surface area contributed by atoms with Gasteiger partial charge in [0.05, 0.1) is 26.8 Å². The van der Waals surface area contributed by atoms with E-state index in [-0.39, 0.29) is 17.0 Å². The van der Waals surface area contributed by atoms with Crippen molar-refractivity contribution < 1.29 is 19.0 Å². The average molecular weight is 412 g/mol. The molecule has 3 aromatic rings. The van der Waals surface area contributed by atoms with Crippen LogP contribution in [-0.2, 0) is 11.3 Å². The fraction of sp³-hybridized carbons (Fsp3) is 0.286. The lowest BCUT2D eigenvalue weighted by Gasteiger charge is -2.20. The molecule has 3 rings (SSSR count). The zero-order chi connectivity index (χ0) is 21.8. The van der Waals surface area contributed by atoms with Crippen LogP contribution in [0.2, 0.25) is 0 Å². The van der Waals surface area contributed by atoms with E-state index >= 15 is 0 Å². The summed E-state index contributed by atoms with van der Waals surface area (Å²) in [6.45, 7) is 1.92. The van der Waals surface area contributed by atoms with Gasteiger partial charge in [0.1, 0.15) is 5.39 Å². The highest BCUT2D eigenvalue weighted by Gasteiger charge is 2.20. The molecule has 0 atom stereocenters. The summed E-state index contributed by atoms with van der Waals surface area (Å²) >= 11 is 0. The van der Waals surface area contributed by atoms with Gasteiger partial charge in [-0.25, -0.2) is 0 Å². The van der Waals surface area contributed by atoms with Crippen molar-refractivity contribution in [1.82, 2.24) is 9.97 Å². The Balaban J connectivity index is 2.00. The fourth-order valence-corrected chi connectivity index (χ4v) is 3.25. The van der Waals surface area contributed by atoms with Gasteiger partial charge >= 0.3 is 0 Å². The van der Waals surface area contributed by atoms with Gasteiger partial charge in [-0.3, -0.25) is 9.59 Å². The molecule has 0 unspecified atom stereocenters. The Hall–Kier alpha value is -3.75. The SMILES string of the molecule is COc1cc2[nH]c(N(C)Cc3cccc(NC(C)=O)c3)nc(=O)c2c(OC)c1OC. The molecule has 1 amide bonds. The smallest absolute Gasteiger partial charge is 0.286 e. The molecule has 0 spiro atoms. The van der Waals surface area contributed by atoms with Crippen LogP contribution in [0, 0.1) is 0 Å². The number of nitrogens with one attached hydrogen (secondary N) is 2. The maximum absolute atomic E-state index is 12.8. The molecule has 9 heteroatoms. The van der Waals surface area contributed by atoms with Crippen molar-refractivity contribution in [2.75, 3.05) is 38.6 Å². The molecule has 0 fully saturated rings. The van der Waals surface area contributed by atoms with Crippen molar-refractivity contribution in [3.8, 4) is 17.2 Å². The molecule has 1 heterocycles. The summed E-state index contributed by atoms with van der Waals surface area (Å²) in [6, 6.07) is 9.14. The zero-order valence-corrected chi connectivity index (χ0v) is 17.5. The normalized spacial score (nSPS) is 10.6. The number of H-pyrrole nitrogens is 1. The van der Waals surface area contributed by atoms with Crippen molar-refractivity contribution in [3.63, 3.8) is 0 Å². The van der Waals surface area contributed by atoms with E-state index in [1.807, 2.05) is 31.3 Å². The maximum atomic E-state index is 12.8. The highest BCUT2D eigenvalue weighted by atomic mass is 16.5. The number of hydrogen-bond acceptors (Lipinski definition) is 7. The van der Waals surface area contributed by atoms with Gasteiger partial charge in [-0.2, -0.15) is 4.98 Å². The monoisotopic (exact) mass is 412 g/mol. The number of ether oxygens (including phenoxy) is 3. The minimum absolute atomic E-state index is 0.139. The maximum Gasteiger partial charge on any atom is 0.286 e. The Morgan fingerprint density at radius 2 is 1.87 bits per heavy atom. The van der Waals surface area contributed by atoms with Gasteiger partial charge in [0, 0.05) is 32.3 Å². The van der Waals surface area contributed by atoms with Crippen LogP contribution >= 0.6 is 0 Å². The van der Waals surface area contributed by atoms with E-state index in [2.05, 4.69) is 15.3 Å². The summed E-state index contributed by atoms with van der Waals surface area (Å²) in [5, 5.41) is 3.03. The number of amides is 1. The third kappa shape index (κ3) is 4.14. The number of anilines is 2. The number of hydrogen-bond donors (Lipinski definition) is 2. The van der Waals surface area contributed by atoms with Gasteiger partial charge < -0.3 is 29.4 Å². The number of nitrogens with zero attached hydrogens (tertiary/aromatic N) is 2. The van der Waals surface area contributed by atoms with Crippen LogP contribution in [-0.4, -0.2) is 44.3 Å². The quantitative estimate of drug-likeness (QED) is 0.614. The van der Waals surface area contributed by atoms with E-state index in [1.54, 1.807) is 11.0 Å². The van der Waals surface area contributed by atoms with Gasteiger partial charge in [-0.05, 0) is 17.7 Å². The van der Waals surface area contributed by atoms with Crippen LogP contribution in [0.5, 0.6) is 17.2 Å². The van der Waals surface area contributed by atoms with Crippen molar-refractivity contribution in [2.45, 2.75) is 13.5 Å². The molecular weight excluding hydrogens is 388 g/mol. The Morgan fingerprint density at radius 3 is 2.50 bits per heavy atom. The highest BCUT2D eigenvalue weighted by Crippen LogP contribution is 2.41. The van der Waals surface area contributed by atoms with Crippen molar-refractivity contribution in [3.05, 3.63) is 46.2 Å². The van der Waals surface area contributed by atoms with Crippen LogP contribution in [0.25, 0.3) is 10.9 Å². The molecule has 2 N–H and O–H groups in total. The molecule has 0 aliphatic rings. The summed E-state index contributed by atoms with van der Waals surface area (Å²) in [6.07, 6.45) is 0. The van der Waals surface area contributed by atoms with Gasteiger partial charge in [0.2, 0.25) is 17.6 Å². The lowest BCUT2D eigenvalue weighted by Crippen LogP contribution is -2.23. The number of aromatic amines is 1. The second-order valence-electron chi connectivity index (χ2n) is 6.67. The Bertz CT molecular complexity index is 1140. The van der Waals surface area contributed by atoms with Gasteiger partial charge in [-0.15, -0.1) is 0 Å². The van der Waals surface area contributed by atoms with Crippen LogP contribution in [0.1, 0.15) is 12.5 Å². The minimum Gasteiger partial charge on any atom is -0.493 e. The number of methoxy groups -OCH3 is 3. The Morgan fingerprint density at radius 1 is 1.13 bits per heavy atom. The van der Waals surface area contributed by atoms with Crippen LogP contribution in [0.15, 0.2) is 35.1 Å².